The lowest BCUT2D eigenvalue weighted by Crippen LogP contribution is -2.33. The summed E-state index contributed by atoms with van der Waals surface area (Å²) in [6, 6.07) is 13.5. The zero-order valence-corrected chi connectivity index (χ0v) is 19.7. The van der Waals surface area contributed by atoms with E-state index in [1.54, 1.807) is 24.5 Å². The third kappa shape index (κ3) is 8.25. The maximum atomic E-state index is 12.1. The Hall–Kier alpha value is -3.35. The van der Waals surface area contributed by atoms with Crippen LogP contribution in [0.3, 0.4) is 0 Å². The van der Waals surface area contributed by atoms with E-state index in [1.807, 2.05) is 49.5 Å². The number of hydrazone groups is 1. The number of carbonyl (C=O) groups excluding carboxylic acids is 1. The number of hydrogen-bond donors (Lipinski definition) is 0. The van der Waals surface area contributed by atoms with Crippen LogP contribution in [0.4, 0.5) is 4.79 Å². The second kappa shape index (κ2) is 12.6. The lowest BCUT2D eigenvalue weighted by Gasteiger charge is -2.22. The Morgan fingerprint density at radius 2 is 1.88 bits per heavy atom. The monoisotopic (exact) mass is 450 g/mol. The first-order valence-electron chi connectivity index (χ1n) is 11.5. The standard InChI is InChI=1S/C26H34N4O3/c1-21(25-15-14-24(19-27-25)33-23-12-8-5-9-13-23)18-28-30(3)17-16-29(2)26(31)32-20-22-10-6-4-7-11-22/h4,6-7,10-11,14-15,18-19,23H,1,5,8-9,12-13,16-17,20H2,2-3H3/b28-18-. The SMILES string of the molecule is C=C(/C=N\N(C)CCN(C)C(=O)OCc1ccccc1)c1ccc(OC2CCCCC2)cn1. The van der Waals surface area contributed by atoms with Gasteiger partial charge in [0.25, 0.3) is 0 Å². The van der Waals surface area contributed by atoms with Crippen LogP contribution in [-0.4, -0.2) is 60.5 Å². The first-order valence-corrected chi connectivity index (χ1v) is 11.5. The minimum atomic E-state index is -0.361. The molecule has 0 N–H and O–H groups in total. The van der Waals surface area contributed by atoms with Gasteiger partial charge in [-0.15, -0.1) is 0 Å². The lowest BCUT2D eigenvalue weighted by molar-refractivity contribution is 0.102. The molecule has 3 rings (SSSR count). The quantitative estimate of drug-likeness (QED) is 0.377. The molecule has 176 valence electrons. The number of carbonyl (C=O) groups is 1. The maximum Gasteiger partial charge on any atom is 0.409 e. The summed E-state index contributed by atoms with van der Waals surface area (Å²) >= 11 is 0. The van der Waals surface area contributed by atoms with E-state index in [0.29, 0.717) is 24.8 Å². The molecule has 0 atom stereocenters. The fourth-order valence-electron chi connectivity index (χ4n) is 3.52. The molecule has 1 saturated carbocycles. The van der Waals surface area contributed by atoms with Crippen LogP contribution in [0.25, 0.3) is 5.57 Å². The number of likely N-dealkylation sites (N-methyl/N-ethyl adjacent to an activating group) is 2. The Kier molecular flexibility index (Phi) is 9.30. The highest BCUT2D eigenvalue weighted by Crippen LogP contribution is 2.23. The Balaban J connectivity index is 1.38. The molecule has 1 aliphatic rings. The molecule has 1 fully saturated rings. The number of nitrogens with zero attached hydrogens (tertiary/aromatic N) is 4. The van der Waals surface area contributed by atoms with Gasteiger partial charge in [-0.1, -0.05) is 43.3 Å². The summed E-state index contributed by atoms with van der Waals surface area (Å²) in [6.07, 6.45) is 9.39. The van der Waals surface area contributed by atoms with Crippen LogP contribution in [0.5, 0.6) is 5.75 Å². The highest BCUT2D eigenvalue weighted by molar-refractivity contribution is 6.07. The summed E-state index contributed by atoms with van der Waals surface area (Å²) in [6.45, 7) is 5.36. The molecule has 1 aromatic heterocycles. The van der Waals surface area contributed by atoms with Crippen molar-refractivity contribution < 1.29 is 14.3 Å². The van der Waals surface area contributed by atoms with Crippen molar-refractivity contribution in [2.45, 2.75) is 44.8 Å². The average molecular weight is 451 g/mol. The van der Waals surface area contributed by atoms with Crippen LogP contribution in [-0.2, 0) is 11.3 Å². The van der Waals surface area contributed by atoms with Crippen LogP contribution in [0.2, 0.25) is 0 Å². The Bertz CT molecular complexity index is 909. The molecule has 0 saturated heterocycles. The van der Waals surface area contributed by atoms with Crippen LogP contribution >= 0.6 is 0 Å². The van der Waals surface area contributed by atoms with Crippen molar-refractivity contribution in [3.63, 3.8) is 0 Å². The zero-order chi connectivity index (χ0) is 23.5. The Morgan fingerprint density at radius 3 is 2.58 bits per heavy atom. The smallest absolute Gasteiger partial charge is 0.409 e. The topological polar surface area (TPSA) is 67.3 Å². The number of hydrogen-bond acceptors (Lipinski definition) is 6. The van der Waals surface area contributed by atoms with Gasteiger partial charge in [-0.05, 0) is 43.4 Å². The van der Waals surface area contributed by atoms with E-state index in [9.17, 15) is 4.79 Å². The average Bonchev–Trinajstić information content (AvgIpc) is 2.86. The number of rotatable bonds is 10. The zero-order valence-electron chi connectivity index (χ0n) is 19.7. The number of amides is 1. The number of allylic oxidation sites excluding steroid dienone is 1. The molecule has 1 aromatic carbocycles. The third-order valence-corrected chi connectivity index (χ3v) is 5.61. The predicted octanol–water partition coefficient (Wildman–Crippen LogP) is 4.99. The van der Waals surface area contributed by atoms with E-state index >= 15 is 0 Å². The summed E-state index contributed by atoms with van der Waals surface area (Å²) in [5.74, 6) is 0.801. The van der Waals surface area contributed by atoms with Crippen molar-refractivity contribution in [2.75, 3.05) is 27.2 Å². The third-order valence-electron chi connectivity index (χ3n) is 5.61. The highest BCUT2D eigenvalue weighted by Gasteiger charge is 2.15. The molecule has 33 heavy (non-hydrogen) atoms. The summed E-state index contributed by atoms with van der Waals surface area (Å²) in [4.78, 5) is 18.1. The van der Waals surface area contributed by atoms with E-state index in [1.165, 1.54) is 24.2 Å². The van der Waals surface area contributed by atoms with Crippen LogP contribution in [0.1, 0.15) is 43.4 Å². The lowest BCUT2D eigenvalue weighted by atomic mass is 9.98. The number of benzene rings is 1. The van der Waals surface area contributed by atoms with E-state index in [0.717, 1.165) is 29.8 Å². The van der Waals surface area contributed by atoms with Gasteiger partial charge >= 0.3 is 6.09 Å². The molecule has 1 heterocycles. The minimum Gasteiger partial charge on any atom is -0.489 e. The van der Waals surface area contributed by atoms with Gasteiger partial charge in [0, 0.05) is 26.2 Å². The molecular weight excluding hydrogens is 416 g/mol. The first kappa shape index (κ1) is 24.3. The summed E-state index contributed by atoms with van der Waals surface area (Å²) < 4.78 is 11.4. The fraction of sp³-hybridized carbons (Fsp3) is 0.423. The van der Waals surface area contributed by atoms with Gasteiger partial charge in [-0.2, -0.15) is 5.10 Å². The van der Waals surface area contributed by atoms with E-state index in [-0.39, 0.29) is 12.7 Å². The van der Waals surface area contributed by atoms with Crippen molar-refractivity contribution in [3.8, 4) is 5.75 Å². The van der Waals surface area contributed by atoms with Gasteiger partial charge in [-0.25, -0.2) is 4.79 Å². The van der Waals surface area contributed by atoms with Crippen LogP contribution in [0.15, 0.2) is 60.3 Å². The molecule has 1 aliphatic carbocycles. The van der Waals surface area contributed by atoms with E-state index in [2.05, 4.69) is 16.7 Å². The van der Waals surface area contributed by atoms with Crippen molar-refractivity contribution in [1.29, 1.82) is 0 Å². The van der Waals surface area contributed by atoms with Gasteiger partial charge in [0.2, 0.25) is 0 Å². The second-order valence-electron chi connectivity index (χ2n) is 8.37. The van der Waals surface area contributed by atoms with Crippen LogP contribution < -0.4 is 4.74 Å². The molecule has 0 unspecified atom stereocenters. The molecule has 0 radical (unpaired) electrons. The van der Waals surface area contributed by atoms with Crippen molar-refractivity contribution in [3.05, 3.63) is 66.5 Å². The summed E-state index contributed by atoms with van der Waals surface area (Å²) in [5, 5.41) is 6.16. The van der Waals surface area contributed by atoms with Gasteiger partial charge in [-0.3, -0.25) is 9.99 Å². The molecule has 0 aliphatic heterocycles. The maximum absolute atomic E-state index is 12.1. The Morgan fingerprint density at radius 1 is 1.12 bits per heavy atom. The second-order valence-corrected chi connectivity index (χ2v) is 8.37. The minimum absolute atomic E-state index is 0.259. The van der Waals surface area contributed by atoms with Crippen LogP contribution in [0, 0.1) is 0 Å². The molecule has 0 spiro atoms. The van der Waals surface area contributed by atoms with Gasteiger partial charge in [0.05, 0.1) is 30.8 Å². The molecule has 0 bridgehead atoms. The van der Waals surface area contributed by atoms with Gasteiger partial charge < -0.3 is 14.4 Å². The molecule has 7 heteroatoms. The van der Waals surface area contributed by atoms with Crippen molar-refractivity contribution >= 4 is 17.9 Å². The predicted molar refractivity (Wildman–Crippen MR) is 131 cm³/mol. The van der Waals surface area contributed by atoms with E-state index < -0.39 is 0 Å². The molecule has 1 amide bonds. The van der Waals surface area contributed by atoms with Gasteiger partial charge in [0.1, 0.15) is 12.4 Å². The summed E-state index contributed by atoms with van der Waals surface area (Å²) in [7, 11) is 3.56. The first-order chi connectivity index (χ1) is 16.0. The Labute approximate surface area is 196 Å². The molecule has 2 aromatic rings. The number of aromatic nitrogens is 1. The largest absolute Gasteiger partial charge is 0.489 e. The normalized spacial score (nSPS) is 14.1. The van der Waals surface area contributed by atoms with Crippen molar-refractivity contribution in [1.82, 2.24) is 14.9 Å². The number of pyridine rings is 1. The molecule has 7 nitrogen and oxygen atoms in total. The van der Waals surface area contributed by atoms with Crippen molar-refractivity contribution in [2.24, 2.45) is 5.10 Å². The summed E-state index contributed by atoms with van der Waals surface area (Å²) in [5.41, 5.74) is 2.42. The van der Waals surface area contributed by atoms with Gasteiger partial charge in [0.15, 0.2) is 0 Å². The fourth-order valence-corrected chi connectivity index (χ4v) is 3.52. The molecular formula is C26H34N4O3. The van der Waals surface area contributed by atoms with E-state index in [4.69, 9.17) is 9.47 Å². The number of ether oxygens (including phenoxy) is 2. The highest BCUT2D eigenvalue weighted by atomic mass is 16.6.